The number of carbonyl (C=O) groups excluding carboxylic acids is 1. The molecule has 2 aromatic rings. The summed E-state index contributed by atoms with van der Waals surface area (Å²) in [7, 11) is 0. The zero-order valence-electron chi connectivity index (χ0n) is 10.6. The second-order valence-electron chi connectivity index (χ2n) is 4.15. The van der Waals surface area contributed by atoms with E-state index >= 15 is 0 Å². The molecule has 98 valence electrons. The molecular formula is C14H15N3O2. The van der Waals surface area contributed by atoms with Gasteiger partial charge in [-0.3, -0.25) is 4.79 Å². The molecule has 5 nitrogen and oxygen atoms in total. The molecule has 1 aromatic carbocycles. The Bertz CT molecular complexity index is 602. The van der Waals surface area contributed by atoms with Crippen LogP contribution in [0.1, 0.15) is 17.0 Å². The summed E-state index contributed by atoms with van der Waals surface area (Å²) >= 11 is 0. The maximum absolute atomic E-state index is 11.6. The number of amides is 1. The van der Waals surface area contributed by atoms with E-state index in [1.54, 1.807) is 31.2 Å². The minimum atomic E-state index is -0.192. The third kappa shape index (κ3) is 3.99. The summed E-state index contributed by atoms with van der Waals surface area (Å²) in [6, 6.07) is 9.09. The van der Waals surface area contributed by atoms with E-state index in [2.05, 4.69) is 10.5 Å². The summed E-state index contributed by atoms with van der Waals surface area (Å²) in [5, 5.41) is 6.50. The Morgan fingerprint density at radius 1 is 1.47 bits per heavy atom. The molecule has 0 aliphatic heterocycles. The number of nitrogens with two attached hydrogens (primary N) is 1. The number of rotatable bonds is 4. The highest BCUT2D eigenvalue weighted by Crippen LogP contribution is 2.08. The molecule has 0 bridgehead atoms. The predicted octanol–water partition coefficient (Wildman–Crippen LogP) is 1.89. The van der Waals surface area contributed by atoms with Crippen LogP contribution >= 0.6 is 0 Å². The molecule has 0 saturated carbocycles. The standard InChI is InChI=1S/C14H15N3O2/c1-10-7-13(17-19-10)9-16-14(18)6-5-11-3-2-4-12(15)8-11/h2-8H,9,15H2,1H3,(H,16,18)/b6-5+. The van der Waals surface area contributed by atoms with Crippen LogP contribution < -0.4 is 11.1 Å². The molecule has 0 saturated heterocycles. The van der Waals surface area contributed by atoms with E-state index in [4.69, 9.17) is 10.3 Å². The Hall–Kier alpha value is -2.56. The molecule has 1 aromatic heterocycles. The number of carbonyl (C=O) groups is 1. The molecule has 3 N–H and O–H groups in total. The van der Waals surface area contributed by atoms with Gasteiger partial charge in [-0.15, -0.1) is 0 Å². The lowest BCUT2D eigenvalue weighted by atomic mass is 10.2. The van der Waals surface area contributed by atoms with Gasteiger partial charge < -0.3 is 15.6 Å². The predicted molar refractivity (Wildman–Crippen MR) is 73.0 cm³/mol. The highest BCUT2D eigenvalue weighted by molar-refractivity contribution is 5.91. The van der Waals surface area contributed by atoms with Gasteiger partial charge in [0.25, 0.3) is 0 Å². The van der Waals surface area contributed by atoms with Crippen molar-refractivity contribution < 1.29 is 9.32 Å². The fraction of sp³-hybridized carbons (Fsp3) is 0.143. The summed E-state index contributed by atoms with van der Waals surface area (Å²) in [5.41, 5.74) is 7.90. The largest absolute Gasteiger partial charge is 0.399 e. The van der Waals surface area contributed by atoms with Crippen molar-refractivity contribution in [2.24, 2.45) is 0 Å². The first-order valence-corrected chi connectivity index (χ1v) is 5.87. The van der Waals surface area contributed by atoms with Gasteiger partial charge in [-0.25, -0.2) is 0 Å². The summed E-state index contributed by atoms with van der Waals surface area (Å²) in [6.07, 6.45) is 3.17. The Morgan fingerprint density at radius 2 is 2.32 bits per heavy atom. The van der Waals surface area contributed by atoms with Gasteiger partial charge in [0.1, 0.15) is 11.5 Å². The van der Waals surface area contributed by atoms with Crippen LogP contribution in [-0.2, 0) is 11.3 Å². The minimum absolute atomic E-state index is 0.192. The number of aromatic nitrogens is 1. The summed E-state index contributed by atoms with van der Waals surface area (Å²) < 4.78 is 4.91. The number of anilines is 1. The van der Waals surface area contributed by atoms with Crippen LogP contribution in [0.15, 0.2) is 40.9 Å². The minimum Gasteiger partial charge on any atom is -0.399 e. The molecule has 1 heterocycles. The van der Waals surface area contributed by atoms with E-state index in [0.717, 1.165) is 11.3 Å². The van der Waals surface area contributed by atoms with Gasteiger partial charge in [-0.1, -0.05) is 17.3 Å². The molecule has 19 heavy (non-hydrogen) atoms. The normalized spacial score (nSPS) is 10.8. The third-order valence-corrected chi connectivity index (χ3v) is 2.46. The highest BCUT2D eigenvalue weighted by Gasteiger charge is 2.01. The van der Waals surface area contributed by atoms with Crippen molar-refractivity contribution in [1.29, 1.82) is 0 Å². The molecule has 2 rings (SSSR count). The first-order chi connectivity index (χ1) is 9.13. The van der Waals surface area contributed by atoms with Crippen molar-refractivity contribution in [2.45, 2.75) is 13.5 Å². The second kappa shape index (κ2) is 5.86. The zero-order valence-corrected chi connectivity index (χ0v) is 10.6. The molecule has 0 unspecified atom stereocenters. The molecule has 1 amide bonds. The van der Waals surface area contributed by atoms with Crippen molar-refractivity contribution >= 4 is 17.7 Å². The fourth-order valence-corrected chi connectivity index (χ4v) is 1.57. The number of hydrogen-bond donors (Lipinski definition) is 2. The lowest BCUT2D eigenvalue weighted by molar-refractivity contribution is -0.116. The molecule has 0 fully saturated rings. The van der Waals surface area contributed by atoms with Crippen LogP contribution in [0.2, 0.25) is 0 Å². The molecular weight excluding hydrogens is 242 g/mol. The van der Waals surface area contributed by atoms with Crippen LogP contribution in [-0.4, -0.2) is 11.1 Å². The summed E-state index contributed by atoms with van der Waals surface area (Å²) in [6.45, 7) is 2.15. The Labute approximate surface area is 111 Å². The van der Waals surface area contributed by atoms with Crippen LogP contribution in [0.3, 0.4) is 0 Å². The van der Waals surface area contributed by atoms with Crippen molar-refractivity contribution in [3.63, 3.8) is 0 Å². The van der Waals surface area contributed by atoms with Crippen molar-refractivity contribution in [3.05, 3.63) is 53.4 Å². The number of nitrogens with zero attached hydrogens (tertiary/aromatic N) is 1. The van der Waals surface area contributed by atoms with E-state index < -0.39 is 0 Å². The number of nitrogens with one attached hydrogen (secondary N) is 1. The summed E-state index contributed by atoms with van der Waals surface area (Å²) in [5.74, 6) is 0.530. The van der Waals surface area contributed by atoms with Gasteiger partial charge in [-0.05, 0) is 30.7 Å². The van der Waals surface area contributed by atoms with E-state index in [1.807, 2.05) is 12.1 Å². The van der Waals surface area contributed by atoms with Gasteiger partial charge in [0.2, 0.25) is 5.91 Å². The first kappa shape index (κ1) is 12.9. The molecule has 5 heteroatoms. The SMILES string of the molecule is Cc1cc(CNC(=O)/C=C/c2cccc(N)c2)no1. The monoisotopic (exact) mass is 257 g/mol. The van der Waals surface area contributed by atoms with Crippen LogP contribution in [0.4, 0.5) is 5.69 Å². The van der Waals surface area contributed by atoms with E-state index in [9.17, 15) is 4.79 Å². The van der Waals surface area contributed by atoms with Gasteiger partial charge >= 0.3 is 0 Å². The molecule has 0 aliphatic carbocycles. The van der Waals surface area contributed by atoms with Crippen LogP contribution in [0.5, 0.6) is 0 Å². The molecule has 0 atom stereocenters. The average molecular weight is 257 g/mol. The van der Waals surface area contributed by atoms with Gasteiger partial charge in [0.05, 0.1) is 6.54 Å². The molecule has 0 aliphatic rings. The lowest BCUT2D eigenvalue weighted by Crippen LogP contribution is -2.20. The van der Waals surface area contributed by atoms with E-state index in [-0.39, 0.29) is 5.91 Å². The number of nitrogen functional groups attached to an aromatic ring is 1. The number of benzene rings is 1. The van der Waals surface area contributed by atoms with Crippen molar-refractivity contribution in [1.82, 2.24) is 10.5 Å². The Morgan fingerprint density at radius 3 is 3.00 bits per heavy atom. The number of aryl methyl sites for hydroxylation is 1. The summed E-state index contributed by atoms with van der Waals surface area (Å²) in [4.78, 5) is 11.6. The Kier molecular flexibility index (Phi) is 3.97. The topological polar surface area (TPSA) is 81.2 Å². The fourth-order valence-electron chi connectivity index (χ4n) is 1.57. The van der Waals surface area contributed by atoms with Crippen molar-refractivity contribution in [2.75, 3.05) is 5.73 Å². The van der Waals surface area contributed by atoms with Gasteiger partial charge in [0, 0.05) is 17.8 Å². The maximum Gasteiger partial charge on any atom is 0.244 e. The highest BCUT2D eigenvalue weighted by atomic mass is 16.5. The van der Waals surface area contributed by atoms with E-state index in [1.165, 1.54) is 6.08 Å². The smallest absolute Gasteiger partial charge is 0.244 e. The first-order valence-electron chi connectivity index (χ1n) is 5.87. The second-order valence-corrected chi connectivity index (χ2v) is 4.15. The van der Waals surface area contributed by atoms with Gasteiger partial charge in [-0.2, -0.15) is 0 Å². The van der Waals surface area contributed by atoms with Gasteiger partial charge in [0.15, 0.2) is 0 Å². The number of hydrogen-bond acceptors (Lipinski definition) is 4. The third-order valence-electron chi connectivity index (χ3n) is 2.46. The zero-order chi connectivity index (χ0) is 13.7. The lowest BCUT2D eigenvalue weighted by Gasteiger charge is -1.98. The van der Waals surface area contributed by atoms with Crippen LogP contribution in [0.25, 0.3) is 6.08 Å². The Balaban J connectivity index is 1.87. The molecule has 0 radical (unpaired) electrons. The average Bonchev–Trinajstić information content (AvgIpc) is 2.80. The maximum atomic E-state index is 11.6. The van der Waals surface area contributed by atoms with Crippen molar-refractivity contribution in [3.8, 4) is 0 Å². The molecule has 0 spiro atoms. The van der Waals surface area contributed by atoms with Crippen LogP contribution in [0, 0.1) is 6.92 Å². The quantitative estimate of drug-likeness (QED) is 0.647. The van der Waals surface area contributed by atoms with E-state index in [0.29, 0.717) is 17.9 Å².